The molecule has 1 unspecified atom stereocenters. The van der Waals surface area contributed by atoms with Crippen LogP contribution in [0.4, 0.5) is 0 Å². The molecule has 9 nitrogen and oxygen atoms in total. The maximum absolute atomic E-state index is 13.4. The van der Waals surface area contributed by atoms with E-state index in [1.807, 2.05) is 30.3 Å². The van der Waals surface area contributed by atoms with Gasteiger partial charge >= 0.3 is 13.7 Å². The van der Waals surface area contributed by atoms with Crippen LogP contribution in [0.5, 0.6) is 0 Å². The number of pyridine rings is 2. The van der Waals surface area contributed by atoms with Crippen molar-refractivity contribution in [2.45, 2.75) is 32.1 Å². The van der Waals surface area contributed by atoms with Crippen LogP contribution in [0.2, 0.25) is 0 Å². The number of fused-ring (bicyclic) bond motifs is 5. The molecule has 2 aliphatic rings. The number of rotatable bonds is 4. The number of carbonyl (C=O) groups is 1. The molecule has 2 aliphatic heterocycles. The van der Waals surface area contributed by atoms with Gasteiger partial charge in [0, 0.05) is 16.5 Å². The van der Waals surface area contributed by atoms with Crippen molar-refractivity contribution in [2.75, 3.05) is 14.1 Å². The van der Waals surface area contributed by atoms with Crippen molar-refractivity contribution in [2.24, 2.45) is 0 Å². The predicted octanol–water partition coefficient (Wildman–Crippen LogP) is 2.77. The van der Waals surface area contributed by atoms with Crippen molar-refractivity contribution >= 4 is 24.6 Å². The van der Waals surface area contributed by atoms with Crippen LogP contribution in [-0.4, -0.2) is 39.2 Å². The van der Waals surface area contributed by atoms with Gasteiger partial charge in [-0.25, -0.2) is 19.0 Å². The summed E-state index contributed by atoms with van der Waals surface area (Å²) in [5.41, 5.74) is 1.16. The third-order valence-electron chi connectivity index (χ3n) is 6.16. The first-order chi connectivity index (χ1) is 15.2. The molecule has 0 spiro atoms. The Hall–Kier alpha value is -2.84. The van der Waals surface area contributed by atoms with E-state index in [1.54, 1.807) is 17.6 Å². The predicted molar refractivity (Wildman–Crippen MR) is 117 cm³/mol. The summed E-state index contributed by atoms with van der Waals surface area (Å²) in [6.45, 7) is 1.77. The van der Waals surface area contributed by atoms with Crippen LogP contribution in [0.1, 0.15) is 30.0 Å². The van der Waals surface area contributed by atoms with Crippen LogP contribution in [-0.2, 0) is 37.4 Å². The summed E-state index contributed by atoms with van der Waals surface area (Å²) < 4.78 is 26.2. The molecule has 0 bridgehead atoms. The van der Waals surface area contributed by atoms with Gasteiger partial charge < -0.3 is 14.2 Å². The molecule has 0 saturated carbocycles. The topological polar surface area (TPSA) is 111 Å². The number of aromatic nitrogens is 2. The number of hydrogen-bond donors (Lipinski definition) is 1. The summed E-state index contributed by atoms with van der Waals surface area (Å²) in [5.74, 6) is -0.794. The fourth-order valence-corrected chi connectivity index (χ4v) is 5.22. The summed E-state index contributed by atoms with van der Waals surface area (Å²) in [6, 6.07) is 11.4. The fourth-order valence-electron chi connectivity index (χ4n) is 4.35. The average molecular weight is 455 g/mol. The number of para-hydroxylation sites is 1. The van der Waals surface area contributed by atoms with Gasteiger partial charge in [0.25, 0.3) is 5.56 Å². The lowest BCUT2D eigenvalue weighted by molar-refractivity contribution is -0.170. The van der Waals surface area contributed by atoms with Gasteiger partial charge in [-0.05, 0) is 38.7 Å². The van der Waals surface area contributed by atoms with Crippen LogP contribution in [0, 0.1) is 0 Å². The molecule has 32 heavy (non-hydrogen) atoms. The first kappa shape index (κ1) is 21.0. The lowest BCUT2D eigenvalue weighted by Crippen LogP contribution is -2.46. The summed E-state index contributed by atoms with van der Waals surface area (Å²) >= 11 is 0. The maximum Gasteiger partial charge on any atom is 0.406 e. The number of nitrogens with zero attached hydrogens (tertiary/aromatic N) is 3. The van der Waals surface area contributed by atoms with E-state index in [-0.39, 0.29) is 29.7 Å². The Bertz CT molecular complexity index is 1400. The van der Waals surface area contributed by atoms with Gasteiger partial charge in [0.15, 0.2) is 0 Å². The Balaban J connectivity index is 1.76. The number of carbonyl (C=O) groups excluding carboxylic acids is 1. The van der Waals surface area contributed by atoms with Gasteiger partial charge in [0.2, 0.25) is 5.60 Å². The molecule has 2 atom stereocenters. The third kappa shape index (κ3) is 2.89. The van der Waals surface area contributed by atoms with E-state index < -0.39 is 19.3 Å². The first-order valence-electron chi connectivity index (χ1n) is 10.2. The normalized spacial score (nSPS) is 21.1. The van der Waals surface area contributed by atoms with E-state index in [2.05, 4.69) is 0 Å². The van der Waals surface area contributed by atoms with Crippen LogP contribution < -0.4 is 5.56 Å². The standard InChI is InChI=1S/C22H22N3O6P/c1-4-22(31-32(28,29)24(2)3)16-10-18-19-14(9-13-7-5-6-8-17(13)23-19)11-25(18)20(26)15(16)12-30-21(22)27/h5-10H,4,11-12H2,1-3H3,(H,28,29)/t22-/m0/s1. The van der Waals surface area contributed by atoms with Gasteiger partial charge in [-0.3, -0.25) is 9.32 Å². The van der Waals surface area contributed by atoms with E-state index in [0.717, 1.165) is 21.1 Å². The second-order valence-electron chi connectivity index (χ2n) is 8.19. The minimum atomic E-state index is -4.33. The highest BCUT2D eigenvalue weighted by Gasteiger charge is 2.52. The van der Waals surface area contributed by atoms with Crippen molar-refractivity contribution in [3.63, 3.8) is 0 Å². The molecule has 0 fully saturated rings. The van der Waals surface area contributed by atoms with Crippen molar-refractivity contribution < 1.29 is 23.5 Å². The minimum Gasteiger partial charge on any atom is -0.458 e. The molecule has 5 rings (SSSR count). The van der Waals surface area contributed by atoms with Gasteiger partial charge in [-0.15, -0.1) is 0 Å². The average Bonchev–Trinajstić information content (AvgIpc) is 3.12. The molecule has 0 amide bonds. The smallest absolute Gasteiger partial charge is 0.406 e. The number of esters is 1. The van der Waals surface area contributed by atoms with Crippen LogP contribution >= 0.6 is 7.75 Å². The monoisotopic (exact) mass is 455 g/mol. The number of hydrogen-bond acceptors (Lipinski definition) is 6. The van der Waals surface area contributed by atoms with E-state index in [1.165, 1.54) is 14.1 Å². The Kier molecular flexibility index (Phi) is 4.65. The molecule has 0 aliphatic carbocycles. The quantitative estimate of drug-likeness (QED) is 0.369. The molecule has 166 valence electrons. The van der Waals surface area contributed by atoms with Crippen LogP contribution in [0.15, 0.2) is 41.2 Å². The molecule has 0 saturated heterocycles. The summed E-state index contributed by atoms with van der Waals surface area (Å²) in [6.07, 6.45) is 0.0120. The number of benzene rings is 1. The van der Waals surface area contributed by atoms with E-state index in [0.29, 0.717) is 17.9 Å². The lowest BCUT2D eigenvalue weighted by Gasteiger charge is -2.37. The van der Waals surface area contributed by atoms with E-state index in [9.17, 15) is 19.0 Å². The summed E-state index contributed by atoms with van der Waals surface area (Å²) in [4.78, 5) is 41.5. The highest BCUT2D eigenvalue weighted by Crippen LogP contribution is 2.54. The Morgan fingerprint density at radius 1 is 1.28 bits per heavy atom. The van der Waals surface area contributed by atoms with Gasteiger partial charge in [0.05, 0.1) is 29.0 Å². The Morgan fingerprint density at radius 3 is 2.75 bits per heavy atom. The molecule has 1 aromatic carbocycles. The van der Waals surface area contributed by atoms with Gasteiger partial charge in [0.1, 0.15) is 6.61 Å². The molecule has 10 heteroatoms. The second-order valence-corrected chi connectivity index (χ2v) is 10.2. The number of cyclic esters (lactones) is 1. The highest BCUT2D eigenvalue weighted by molar-refractivity contribution is 7.50. The SMILES string of the molecule is CC[C@@]1(OP(=O)(O)N(C)C)C(=O)OCc2c1cc1n(c2=O)Cc2cc3ccccc3nc2-1. The zero-order valence-corrected chi connectivity index (χ0v) is 18.8. The zero-order valence-electron chi connectivity index (χ0n) is 17.9. The molecular weight excluding hydrogens is 433 g/mol. The van der Waals surface area contributed by atoms with E-state index >= 15 is 0 Å². The molecule has 4 heterocycles. The maximum atomic E-state index is 13.4. The van der Waals surface area contributed by atoms with Crippen molar-refractivity contribution in [3.8, 4) is 11.4 Å². The Labute approximate surface area is 183 Å². The van der Waals surface area contributed by atoms with Crippen molar-refractivity contribution in [3.05, 3.63) is 63.4 Å². The highest BCUT2D eigenvalue weighted by atomic mass is 31.2. The molecule has 1 N–H and O–H groups in total. The van der Waals surface area contributed by atoms with Gasteiger partial charge in [-0.2, -0.15) is 0 Å². The summed E-state index contributed by atoms with van der Waals surface area (Å²) in [5, 5.41) is 0.966. The minimum absolute atomic E-state index is 0.0120. The second kappa shape index (κ2) is 7.08. The first-order valence-corrected chi connectivity index (χ1v) is 11.8. The van der Waals surface area contributed by atoms with Crippen LogP contribution in [0.3, 0.4) is 0 Å². The fraction of sp³-hybridized carbons (Fsp3) is 0.318. The molecule has 0 radical (unpaired) electrons. The zero-order chi connectivity index (χ0) is 22.8. The Morgan fingerprint density at radius 2 is 2.03 bits per heavy atom. The molecule has 3 aromatic rings. The van der Waals surface area contributed by atoms with Crippen molar-refractivity contribution in [1.82, 2.24) is 14.2 Å². The number of ether oxygens (including phenoxy) is 1. The van der Waals surface area contributed by atoms with Crippen LogP contribution in [0.25, 0.3) is 22.3 Å². The molecular formula is C22H22N3O6P. The summed E-state index contributed by atoms with van der Waals surface area (Å²) in [7, 11) is -1.58. The largest absolute Gasteiger partial charge is 0.458 e. The van der Waals surface area contributed by atoms with E-state index in [4.69, 9.17) is 14.2 Å². The van der Waals surface area contributed by atoms with Crippen molar-refractivity contribution in [1.29, 1.82) is 0 Å². The van der Waals surface area contributed by atoms with Gasteiger partial charge in [-0.1, -0.05) is 25.1 Å². The lowest BCUT2D eigenvalue weighted by atomic mass is 9.86. The molecule has 2 aromatic heterocycles. The third-order valence-corrected chi connectivity index (χ3v) is 7.73.